The first-order chi connectivity index (χ1) is 18.3. The SMILES string of the molecule is CCCCCCCCC(CC(=O)OS(=O)(=O)C1=CC=CCC1=O)(C(=O)OS(=O)(=O)C1=CC=CCC1=O)C(C)C. The molecule has 1 unspecified atom stereocenters. The first-order valence-corrected chi connectivity index (χ1v) is 15.8. The van der Waals surface area contributed by atoms with Crippen molar-refractivity contribution in [1.82, 2.24) is 0 Å². The highest BCUT2D eigenvalue weighted by Gasteiger charge is 2.48. The van der Waals surface area contributed by atoms with Crippen LogP contribution in [0.5, 0.6) is 0 Å². The number of allylic oxidation sites excluding steroid dienone is 8. The molecule has 0 fully saturated rings. The van der Waals surface area contributed by atoms with E-state index in [1.165, 1.54) is 24.3 Å². The number of unbranched alkanes of at least 4 members (excludes halogenated alkanes) is 5. The Kier molecular flexibility index (Phi) is 11.6. The van der Waals surface area contributed by atoms with E-state index < -0.39 is 71.3 Å². The largest absolute Gasteiger partial charge is 0.345 e. The number of hydrogen-bond acceptors (Lipinski definition) is 10. The Hall–Kier alpha value is -2.86. The Labute approximate surface area is 230 Å². The minimum absolute atomic E-state index is 0.0115. The Morgan fingerprint density at radius 1 is 0.821 bits per heavy atom. The Morgan fingerprint density at radius 3 is 1.79 bits per heavy atom. The number of carbonyl (C=O) groups is 4. The van der Waals surface area contributed by atoms with E-state index in [0.29, 0.717) is 12.8 Å². The molecule has 0 N–H and O–H groups in total. The van der Waals surface area contributed by atoms with Gasteiger partial charge in [0.2, 0.25) is 0 Å². The summed E-state index contributed by atoms with van der Waals surface area (Å²) in [6.45, 7) is 5.23. The van der Waals surface area contributed by atoms with Gasteiger partial charge in [-0.1, -0.05) is 83.6 Å². The lowest BCUT2D eigenvalue weighted by molar-refractivity contribution is -0.155. The molecule has 0 aliphatic heterocycles. The number of rotatable bonds is 15. The molecule has 0 spiro atoms. The number of hydrogen-bond donors (Lipinski definition) is 0. The van der Waals surface area contributed by atoms with E-state index in [-0.39, 0.29) is 19.3 Å². The molecule has 0 heterocycles. The zero-order valence-electron chi connectivity index (χ0n) is 22.5. The maximum atomic E-state index is 13.5. The fourth-order valence-electron chi connectivity index (χ4n) is 4.39. The normalized spacial score (nSPS) is 17.4. The molecule has 2 aliphatic rings. The summed E-state index contributed by atoms with van der Waals surface area (Å²) in [4.78, 5) is 49.3. The number of carbonyl (C=O) groups excluding carboxylic acids is 4. The van der Waals surface area contributed by atoms with E-state index in [1.807, 2.05) is 0 Å². The van der Waals surface area contributed by atoms with Gasteiger partial charge in [-0.2, -0.15) is 16.8 Å². The second-order valence-corrected chi connectivity index (χ2v) is 12.9. The highest BCUT2D eigenvalue weighted by atomic mass is 32.2. The van der Waals surface area contributed by atoms with Crippen molar-refractivity contribution < 1.29 is 44.4 Å². The molecular formula is C27H36O10S2. The summed E-state index contributed by atoms with van der Waals surface area (Å²) in [6, 6.07) is 0. The van der Waals surface area contributed by atoms with Gasteiger partial charge in [0, 0.05) is 12.8 Å². The van der Waals surface area contributed by atoms with Crippen LogP contribution in [-0.2, 0) is 47.8 Å². The van der Waals surface area contributed by atoms with Gasteiger partial charge < -0.3 is 8.37 Å². The van der Waals surface area contributed by atoms with Crippen molar-refractivity contribution >= 4 is 43.7 Å². The van der Waals surface area contributed by atoms with Gasteiger partial charge in [0.05, 0.1) is 11.8 Å². The molecular weight excluding hydrogens is 548 g/mol. The summed E-state index contributed by atoms with van der Waals surface area (Å²) >= 11 is 0. The van der Waals surface area contributed by atoms with E-state index in [1.54, 1.807) is 13.8 Å². The van der Waals surface area contributed by atoms with E-state index >= 15 is 0 Å². The number of Topliss-reactive ketones (excluding diaryl/α,β-unsaturated/α-hetero) is 2. The number of ketones is 2. The van der Waals surface area contributed by atoms with Crippen molar-refractivity contribution in [2.24, 2.45) is 11.3 Å². The molecule has 0 saturated carbocycles. The van der Waals surface area contributed by atoms with E-state index in [2.05, 4.69) is 6.92 Å². The van der Waals surface area contributed by atoms with Crippen LogP contribution in [0.25, 0.3) is 0 Å². The van der Waals surface area contributed by atoms with Crippen LogP contribution in [0.1, 0.15) is 85.0 Å². The minimum Gasteiger partial charge on any atom is -0.342 e. The molecule has 12 heteroatoms. The quantitative estimate of drug-likeness (QED) is 0.200. The first kappa shape index (κ1) is 32.4. The molecule has 10 nitrogen and oxygen atoms in total. The third-order valence-electron chi connectivity index (χ3n) is 6.80. The third-order valence-corrected chi connectivity index (χ3v) is 9.38. The van der Waals surface area contributed by atoms with Gasteiger partial charge in [0.25, 0.3) is 0 Å². The van der Waals surface area contributed by atoms with Gasteiger partial charge >= 0.3 is 32.2 Å². The average molecular weight is 585 g/mol. The summed E-state index contributed by atoms with van der Waals surface area (Å²) in [5.41, 5.74) is -1.77. The lowest BCUT2D eigenvalue weighted by atomic mass is 9.71. The van der Waals surface area contributed by atoms with Crippen molar-refractivity contribution in [3.8, 4) is 0 Å². The van der Waals surface area contributed by atoms with Gasteiger partial charge in [-0.3, -0.25) is 19.2 Å². The van der Waals surface area contributed by atoms with Gasteiger partial charge in [-0.25, -0.2) is 0 Å². The Balaban J connectivity index is 2.34. The van der Waals surface area contributed by atoms with Crippen LogP contribution >= 0.6 is 0 Å². The maximum absolute atomic E-state index is 13.5. The van der Waals surface area contributed by atoms with Crippen molar-refractivity contribution in [3.63, 3.8) is 0 Å². The topological polar surface area (TPSA) is 155 Å². The van der Waals surface area contributed by atoms with Crippen LogP contribution in [0, 0.1) is 11.3 Å². The molecule has 0 bridgehead atoms. The van der Waals surface area contributed by atoms with Crippen molar-refractivity contribution in [2.45, 2.75) is 85.0 Å². The smallest absolute Gasteiger partial charge is 0.342 e. The van der Waals surface area contributed by atoms with Gasteiger partial charge in [0.1, 0.15) is 9.81 Å². The van der Waals surface area contributed by atoms with Crippen LogP contribution < -0.4 is 0 Å². The molecule has 1 atom stereocenters. The second-order valence-electron chi connectivity index (χ2n) is 9.91. The summed E-state index contributed by atoms with van der Waals surface area (Å²) in [7, 11) is -9.58. The zero-order chi connectivity index (χ0) is 29.3. The predicted molar refractivity (Wildman–Crippen MR) is 144 cm³/mol. The standard InChI is InChI=1S/C27H36O10S2/c1-4-5-6-7-8-13-18-27(20(2)3,26(31)37-39(34,35)24-17-12-10-15-22(24)29)19-25(30)36-38(32,33)23-16-11-9-14-21(23)28/h9-12,16-17,20H,4-8,13-15,18-19H2,1-3H3. The lowest BCUT2D eigenvalue weighted by Crippen LogP contribution is -2.42. The molecule has 0 aromatic carbocycles. The lowest BCUT2D eigenvalue weighted by Gasteiger charge is -2.34. The molecule has 2 aliphatic carbocycles. The zero-order valence-corrected chi connectivity index (χ0v) is 24.1. The highest BCUT2D eigenvalue weighted by molar-refractivity contribution is 7.92. The van der Waals surface area contributed by atoms with Crippen molar-refractivity contribution in [2.75, 3.05) is 0 Å². The molecule has 0 saturated heterocycles. The second kappa shape index (κ2) is 14.0. The van der Waals surface area contributed by atoms with Crippen LogP contribution in [0.2, 0.25) is 0 Å². The van der Waals surface area contributed by atoms with Gasteiger partial charge in [-0.05, 0) is 24.5 Å². The Bertz CT molecular complexity index is 1300. The summed E-state index contributed by atoms with van der Waals surface area (Å²) in [5.74, 6) is -4.79. The van der Waals surface area contributed by atoms with Crippen LogP contribution in [0.3, 0.4) is 0 Å². The first-order valence-electron chi connectivity index (χ1n) is 13.0. The fraction of sp³-hybridized carbons (Fsp3) is 0.556. The van der Waals surface area contributed by atoms with Crippen LogP contribution in [0.4, 0.5) is 0 Å². The molecule has 0 aromatic heterocycles. The average Bonchev–Trinajstić information content (AvgIpc) is 2.84. The highest BCUT2D eigenvalue weighted by Crippen LogP contribution is 2.41. The summed E-state index contributed by atoms with van der Waals surface area (Å²) in [5, 5.41) is 0. The Morgan fingerprint density at radius 2 is 1.31 bits per heavy atom. The van der Waals surface area contributed by atoms with E-state index in [0.717, 1.165) is 37.8 Å². The van der Waals surface area contributed by atoms with Gasteiger partial charge in [-0.15, -0.1) is 0 Å². The molecule has 2 rings (SSSR count). The molecule has 216 valence electrons. The monoisotopic (exact) mass is 584 g/mol. The summed E-state index contributed by atoms with van der Waals surface area (Å²) < 4.78 is 60.6. The maximum Gasteiger partial charge on any atom is 0.345 e. The molecule has 0 amide bonds. The van der Waals surface area contributed by atoms with Crippen LogP contribution in [-0.4, -0.2) is 40.3 Å². The molecule has 0 radical (unpaired) electrons. The minimum atomic E-state index is -4.81. The predicted octanol–water partition coefficient (Wildman–Crippen LogP) is 4.34. The van der Waals surface area contributed by atoms with E-state index in [4.69, 9.17) is 8.37 Å². The van der Waals surface area contributed by atoms with Crippen molar-refractivity contribution in [3.05, 3.63) is 46.3 Å². The molecule has 0 aromatic rings. The van der Waals surface area contributed by atoms with Gasteiger partial charge in [0.15, 0.2) is 11.6 Å². The van der Waals surface area contributed by atoms with Crippen molar-refractivity contribution in [1.29, 1.82) is 0 Å². The van der Waals surface area contributed by atoms with E-state index in [9.17, 15) is 36.0 Å². The fourth-order valence-corrected chi connectivity index (χ4v) is 6.45. The summed E-state index contributed by atoms with van der Waals surface area (Å²) in [6.07, 6.45) is 11.5. The molecule has 39 heavy (non-hydrogen) atoms. The van der Waals surface area contributed by atoms with Crippen LogP contribution in [0.15, 0.2) is 46.3 Å². The third kappa shape index (κ3) is 8.56.